The first-order valence-electron chi connectivity index (χ1n) is 6.65. The minimum atomic E-state index is -0.297. The van der Waals surface area contributed by atoms with Gasteiger partial charge in [0.05, 0.1) is 18.1 Å². The van der Waals surface area contributed by atoms with Crippen molar-refractivity contribution >= 4 is 17.2 Å². The maximum absolute atomic E-state index is 14.0. The number of halogens is 2. The highest BCUT2D eigenvalue weighted by Gasteiger charge is 2.14. The molecule has 6 heteroatoms. The molecule has 108 valence electrons. The number of fused-ring (bicyclic) bond motifs is 1. The van der Waals surface area contributed by atoms with Crippen LogP contribution in [0, 0.1) is 5.82 Å². The first kappa shape index (κ1) is 13.0. The Morgan fingerprint density at radius 2 is 1.91 bits per heavy atom. The van der Waals surface area contributed by atoms with Gasteiger partial charge in [0.15, 0.2) is 0 Å². The molecule has 0 aliphatic rings. The number of nitrogens with zero attached hydrogens (tertiary/aromatic N) is 3. The molecule has 0 radical (unpaired) electrons. The summed E-state index contributed by atoms with van der Waals surface area (Å²) in [5.74, 6) is -0.297. The molecule has 0 fully saturated rings. The number of pyridine rings is 1. The van der Waals surface area contributed by atoms with E-state index in [0.717, 1.165) is 16.8 Å². The van der Waals surface area contributed by atoms with Crippen LogP contribution in [0.5, 0.6) is 0 Å². The van der Waals surface area contributed by atoms with Crippen LogP contribution in [-0.2, 0) is 0 Å². The van der Waals surface area contributed by atoms with Gasteiger partial charge in [-0.25, -0.2) is 9.37 Å². The van der Waals surface area contributed by atoms with Crippen molar-refractivity contribution in [3.05, 3.63) is 66.0 Å². The first-order chi connectivity index (χ1) is 10.7. The molecule has 4 nitrogen and oxygen atoms in total. The standard InChI is InChI=1S/C16H10ClFN4/c17-14-8-19-15-6-5-10(9-22(14)15)12-7-20-21-16(12)11-3-1-2-4-13(11)18/h1-9H,(H,20,21). The van der Waals surface area contributed by atoms with E-state index in [1.54, 1.807) is 35.0 Å². The quantitative estimate of drug-likeness (QED) is 0.603. The van der Waals surface area contributed by atoms with Crippen LogP contribution >= 0.6 is 11.6 Å². The summed E-state index contributed by atoms with van der Waals surface area (Å²) in [4.78, 5) is 4.18. The van der Waals surface area contributed by atoms with Gasteiger partial charge in [-0.15, -0.1) is 0 Å². The second kappa shape index (κ2) is 4.96. The van der Waals surface area contributed by atoms with E-state index >= 15 is 0 Å². The van der Waals surface area contributed by atoms with Gasteiger partial charge < -0.3 is 0 Å². The molecule has 0 aliphatic carbocycles. The third kappa shape index (κ3) is 1.98. The molecule has 0 aliphatic heterocycles. The summed E-state index contributed by atoms with van der Waals surface area (Å²) >= 11 is 6.11. The van der Waals surface area contributed by atoms with Gasteiger partial charge in [0.1, 0.15) is 16.6 Å². The van der Waals surface area contributed by atoms with Crippen LogP contribution < -0.4 is 0 Å². The molecule has 4 rings (SSSR count). The Balaban J connectivity index is 1.91. The van der Waals surface area contributed by atoms with Crippen LogP contribution in [0.2, 0.25) is 5.15 Å². The number of aromatic amines is 1. The summed E-state index contributed by atoms with van der Waals surface area (Å²) in [5, 5.41) is 7.45. The second-order valence-corrected chi connectivity index (χ2v) is 5.25. The van der Waals surface area contributed by atoms with Crippen LogP contribution in [0.1, 0.15) is 0 Å². The monoisotopic (exact) mass is 312 g/mol. The fraction of sp³-hybridized carbons (Fsp3) is 0. The van der Waals surface area contributed by atoms with E-state index in [4.69, 9.17) is 11.6 Å². The van der Waals surface area contributed by atoms with Crippen molar-refractivity contribution < 1.29 is 4.39 Å². The van der Waals surface area contributed by atoms with Gasteiger partial charge >= 0.3 is 0 Å². The Morgan fingerprint density at radius 1 is 1.05 bits per heavy atom. The van der Waals surface area contributed by atoms with E-state index in [-0.39, 0.29) is 5.82 Å². The van der Waals surface area contributed by atoms with E-state index in [1.807, 2.05) is 18.3 Å². The van der Waals surface area contributed by atoms with Crippen molar-refractivity contribution in [2.24, 2.45) is 0 Å². The molecular weight excluding hydrogens is 303 g/mol. The van der Waals surface area contributed by atoms with Crippen molar-refractivity contribution in [3.63, 3.8) is 0 Å². The van der Waals surface area contributed by atoms with Gasteiger partial charge in [0.2, 0.25) is 0 Å². The maximum atomic E-state index is 14.0. The molecule has 1 aromatic carbocycles. The molecule has 4 aromatic rings. The average Bonchev–Trinajstić information content (AvgIpc) is 3.15. The van der Waals surface area contributed by atoms with Crippen molar-refractivity contribution in [3.8, 4) is 22.4 Å². The van der Waals surface area contributed by atoms with Gasteiger partial charge in [-0.3, -0.25) is 9.50 Å². The molecule has 0 amide bonds. The Kier molecular flexibility index (Phi) is 2.94. The van der Waals surface area contributed by atoms with E-state index in [1.165, 1.54) is 6.07 Å². The average molecular weight is 313 g/mol. The van der Waals surface area contributed by atoms with Gasteiger partial charge in [-0.2, -0.15) is 5.10 Å². The molecule has 0 atom stereocenters. The molecule has 3 heterocycles. The molecule has 1 N–H and O–H groups in total. The van der Waals surface area contributed by atoms with E-state index in [2.05, 4.69) is 15.2 Å². The molecule has 3 aromatic heterocycles. The summed E-state index contributed by atoms with van der Waals surface area (Å²) < 4.78 is 15.8. The zero-order chi connectivity index (χ0) is 15.1. The maximum Gasteiger partial charge on any atom is 0.137 e. The predicted octanol–water partition coefficient (Wildman–Crippen LogP) is 4.18. The minimum Gasteiger partial charge on any atom is -0.290 e. The van der Waals surface area contributed by atoms with E-state index < -0.39 is 0 Å². The summed E-state index contributed by atoms with van der Waals surface area (Å²) in [6, 6.07) is 10.4. The van der Waals surface area contributed by atoms with Crippen molar-refractivity contribution in [1.82, 2.24) is 19.6 Å². The Labute approximate surface area is 130 Å². The highest BCUT2D eigenvalue weighted by molar-refractivity contribution is 6.29. The molecule has 22 heavy (non-hydrogen) atoms. The lowest BCUT2D eigenvalue weighted by Gasteiger charge is -2.06. The third-order valence-electron chi connectivity index (χ3n) is 3.55. The largest absolute Gasteiger partial charge is 0.290 e. The fourth-order valence-corrected chi connectivity index (χ4v) is 2.67. The number of H-pyrrole nitrogens is 1. The van der Waals surface area contributed by atoms with Crippen LogP contribution in [0.15, 0.2) is 55.0 Å². The number of nitrogens with one attached hydrogen (secondary N) is 1. The van der Waals surface area contributed by atoms with Crippen LogP contribution in [0.4, 0.5) is 4.39 Å². The first-order valence-corrected chi connectivity index (χ1v) is 7.03. The Bertz CT molecular complexity index is 973. The fourth-order valence-electron chi connectivity index (χ4n) is 2.48. The highest BCUT2D eigenvalue weighted by atomic mass is 35.5. The van der Waals surface area contributed by atoms with Gasteiger partial charge in [-0.1, -0.05) is 23.7 Å². The lowest BCUT2D eigenvalue weighted by Crippen LogP contribution is -1.90. The number of benzene rings is 1. The molecular formula is C16H10ClFN4. The van der Waals surface area contributed by atoms with E-state index in [9.17, 15) is 4.39 Å². The summed E-state index contributed by atoms with van der Waals surface area (Å²) in [6.45, 7) is 0. The molecule has 0 saturated heterocycles. The van der Waals surface area contributed by atoms with Crippen LogP contribution in [-0.4, -0.2) is 19.6 Å². The molecule has 0 unspecified atom stereocenters. The molecule has 0 spiro atoms. The number of aromatic nitrogens is 4. The zero-order valence-electron chi connectivity index (χ0n) is 11.3. The highest BCUT2D eigenvalue weighted by Crippen LogP contribution is 2.32. The van der Waals surface area contributed by atoms with Gasteiger partial charge in [0.25, 0.3) is 0 Å². The van der Waals surface area contributed by atoms with Crippen LogP contribution in [0.3, 0.4) is 0 Å². The molecule has 0 saturated carbocycles. The lowest BCUT2D eigenvalue weighted by molar-refractivity contribution is 0.630. The van der Waals surface area contributed by atoms with Crippen LogP contribution in [0.25, 0.3) is 28.0 Å². The van der Waals surface area contributed by atoms with Gasteiger partial charge in [0, 0.05) is 22.9 Å². The van der Waals surface area contributed by atoms with E-state index in [0.29, 0.717) is 16.4 Å². The van der Waals surface area contributed by atoms with Crippen molar-refractivity contribution in [2.75, 3.05) is 0 Å². The normalized spacial score (nSPS) is 11.2. The number of hydrogen-bond acceptors (Lipinski definition) is 2. The smallest absolute Gasteiger partial charge is 0.137 e. The number of imidazole rings is 1. The summed E-state index contributed by atoms with van der Waals surface area (Å²) in [5.41, 5.74) is 3.54. The second-order valence-electron chi connectivity index (χ2n) is 4.87. The molecule has 0 bridgehead atoms. The van der Waals surface area contributed by atoms with Crippen molar-refractivity contribution in [1.29, 1.82) is 0 Å². The van der Waals surface area contributed by atoms with Crippen molar-refractivity contribution in [2.45, 2.75) is 0 Å². The third-order valence-corrected chi connectivity index (χ3v) is 3.83. The summed E-state index contributed by atoms with van der Waals surface area (Å²) in [7, 11) is 0. The minimum absolute atomic E-state index is 0.297. The predicted molar refractivity (Wildman–Crippen MR) is 83.2 cm³/mol. The summed E-state index contributed by atoms with van der Waals surface area (Å²) in [6.07, 6.45) is 5.13. The number of rotatable bonds is 2. The zero-order valence-corrected chi connectivity index (χ0v) is 12.0. The lowest BCUT2D eigenvalue weighted by atomic mass is 10.0. The Morgan fingerprint density at radius 3 is 2.77 bits per heavy atom. The SMILES string of the molecule is Fc1ccccc1-c1[nH]ncc1-c1ccc2ncc(Cl)n2c1. The van der Waals surface area contributed by atoms with Gasteiger partial charge in [-0.05, 0) is 24.3 Å². The topological polar surface area (TPSA) is 46.0 Å². The number of hydrogen-bond donors (Lipinski definition) is 1. The Hall–Kier alpha value is -2.66.